The summed E-state index contributed by atoms with van der Waals surface area (Å²) in [6, 6.07) is 28.7. The average molecular weight is 595 g/mol. The van der Waals surface area contributed by atoms with E-state index in [2.05, 4.69) is 41.3 Å². The highest BCUT2D eigenvalue weighted by molar-refractivity contribution is 6.00. The van der Waals surface area contributed by atoms with Crippen molar-refractivity contribution in [1.29, 1.82) is 0 Å². The van der Waals surface area contributed by atoms with E-state index in [4.69, 9.17) is 10.2 Å². The van der Waals surface area contributed by atoms with Crippen molar-refractivity contribution in [2.75, 3.05) is 0 Å². The summed E-state index contributed by atoms with van der Waals surface area (Å²) in [5.74, 6) is 0.164. The molecule has 0 bridgehead atoms. The van der Waals surface area contributed by atoms with Gasteiger partial charge in [0.2, 0.25) is 0 Å². The fourth-order valence-corrected chi connectivity index (χ4v) is 6.09. The lowest BCUT2D eigenvalue weighted by molar-refractivity contribution is 0.475. The van der Waals surface area contributed by atoms with Crippen LogP contribution in [0.1, 0.15) is 25.0 Å². The highest BCUT2D eigenvalue weighted by Gasteiger charge is 2.44. The molecular weight excluding hydrogens is 568 g/mol. The number of hydrogen-bond acceptors (Lipinski definition) is 11. The maximum Gasteiger partial charge on any atom is 0.148 e. The van der Waals surface area contributed by atoms with Crippen molar-refractivity contribution in [2.45, 2.75) is 38.0 Å². The number of nitrogens with zero attached hydrogens (tertiary/aromatic N) is 12. The average Bonchev–Trinajstić information content (AvgIpc) is 3.85. The minimum absolute atomic E-state index is 0.164. The zero-order valence-electron chi connectivity index (χ0n) is 24.4. The van der Waals surface area contributed by atoms with Crippen LogP contribution >= 0.6 is 0 Å². The lowest BCUT2D eigenvalue weighted by Gasteiger charge is -2.31. The van der Waals surface area contributed by atoms with Crippen molar-refractivity contribution in [3.63, 3.8) is 0 Å². The molecule has 4 heterocycles. The number of fused-ring (bicyclic) bond motifs is 2. The number of para-hydroxylation sites is 2. The molecule has 0 radical (unpaired) electrons. The molecule has 13 nitrogen and oxygen atoms in total. The quantitative estimate of drug-likeness (QED) is 0.239. The van der Waals surface area contributed by atoms with Gasteiger partial charge in [0, 0.05) is 0 Å². The smallest absolute Gasteiger partial charge is 0.148 e. The molecule has 2 aromatic heterocycles. The maximum atomic E-state index is 10.2. The highest BCUT2D eigenvalue weighted by atomic mass is 16.3. The van der Waals surface area contributed by atoms with Crippen molar-refractivity contribution < 1.29 is 5.11 Å². The second kappa shape index (κ2) is 10.0. The molecule has 0 saturated heterocycles. The first-order valence-corrected chi connectivity index (χ1v) is 14.4. The molecule has 8 rings (SSSR count). The van der Waals surface area contributed by atoms with Gasteiger partial charge in [-0.3, -0.25) is 0 Å². The number of rotatable bonds is 7. The van der Waals surface area contributed by atoms with Gasteiger partial charge in [-0.15, -0.1) is 20.4 Å². The van der Waals surface area contributed by atoms with Crippen LogP contribution in [0.3, 0.4) is 0 Å². The first-order chi connectivity index (χ1) is 21.9. The third-order valence-electron chi connectivity index (χ3n) is 8.65. The van der Waals surface area contributed by atoms with Crippen molar-refractivity contribution >= 4 is 33.5 Å². The van der Waals surface area contributed by atoms with Gasteiger partial charge in [0.05, 0.1) is 35.5 Å². The van der Waals surface area contributed by atoms with E-state index in [1.165, 1.54) is 0 Å². The summed E-state index contributed by atoms with van der Waals surface area (Å²) < 4.78 is 3.62. The van der Waals surface area contributed by atoms with Gasteiger partial charge < -0.3 is 5.11 Å². The molecule has 6 aromatic rings. The molecule has 13 heteroatoms. The zero-order chi connectivity index (χ0) is 30.6. The third-order valence-corrected chi connectivity index (χ3v) is 8.65. The second-order valence-corrected chi connectivity index (χ2v) is 11.4. The number of hydrogen-bond donors (Lipinski definition) is 1. The van der Waals surface area contributed by atoms with Crippen LogP contribution in [0.5, 0.6) is 5.75 Å². The van der Waals surface area contributed by atoms with Crippen LogP contribution in [-0.2, 0) is 24.2 Å². The minimum Gasteiger partial charge on any atom is -0.508 e. The molecule has 0 saturated carbocycles. The van der Waals surface area contributed by atoms with Crippen LogP contribution in [0.4, 0.5) is 0 Å². The Labute approximate surface area is 256 Å². The van der Waals surface area contributed by atoms with Crippen LogP contribution in [0, 0.1) is 0 Å². The van der Waals surface area contributed by atoms with Gasteiger partial charge in [0.1, 0.15) is 27.9 Å². The fraction of sp³-hybridized carbons (Fsp3) is 0.188. The van der Waals surface area contributed by atoms with E-state index in [-0.39, 0.29) is 5.75 Å². The minimum atomic E-state index is -0.943. The molecule has 0 aliphatic carbocycles. The topological polar surface area (TPSA) is 156 Å². The molecule has 45 heavy (non-hydrogen) atoms. The Morgan fingerprint density at radius 1 is 0.600 bits per heavy atom. The Kier molecular flexibility index (Phi) is 5.95. The van der Waals surface area contributed by atoms with E-state index in [0.717, 1.165) is 44.3 Å². The Bertz CT molecular complexity index is 2100. The molecule has 0 amide bonds. The molecule has 4 aromatic carbocycles. The standard InChI is InChI=1S/C32H26N12O/c1-31(28(35-39-37-31)18-43-26-12-5-3-10-24(26)33-41-43)22-8-7-9-23(30(22)20-14-16-21(45)17-15-20)32(2)29(36-40-38-32)19-44-27-13-6-4-11-25(27)34-42-44/h3-17,45H,18-19H2,1-2H3. The largest absolute Gasteiger partial charge is 0.508 e. The first-order valence-electron chi connectivity index (χ1n) is 14.4. The Morgan fingerprint density at radius 3 is 1.60 bits per heavy atom. The van der Waals surface area contributed by atoms with Crippen molar-refractivity contribution in [3.05, 3.63) is 102 Å². The molecule has 1 N–H and O–H groups in total. The molecule has 0 spiro atoms. The van der Waals surface area contributed by atoms with Crippen molar-refractivity contribution in [3.8, 4) is 16.9 Å². The summed E-state index contributed by atoms with van der Waals surface area (Å²) in [6.07, 6.45) is 0. The summed E-state index contributed by atoms with van der Waals surface area (Å²) >= 11 is 0. The number of aromatic hydroxyl groups is 1. The van der Waals surface area contributed by atoms with Gasteiger partial charge >= 0.3 is 0 Å². The summed E-state index contributed by atoms with van der Waals surface area (Å²) in [7, 11) is 0. The van der Waals surface area contributed by atoms with E-state index in [1.807, 2.05) is 102 Å². The van der Waals surface area contributed by atoms with Crippen LogP contribution in [0.25, 0.3) is 33.2 Å². The van der Waals surface area contributed by atoms with Crippen LogP contribution in [0.15, 0.2) is 122 Å². The third kappa shape index (κ3) is 4.23. The zero-order valence-corrected chi connectivity index (χ0v) is 24.4. The Balaban J connectivity index is 1.25. The van der Waals surface area contributed by atoms with E-state index in [9.17, 15) is 5.11 Å². The van der Waals surface area contributed by atoms with Crippen LogP contribution < -0.4 is 0 Å². The predicted molar refractivity (Wildman–Crippen MR) is 168 cm³/mol. The normalized spacial score (nSPS) is 20.8. The Hall–Kier alpha value is -5.98. The first kappa shape index (κ1) is 26.6. The molecule has 220 valence electrons. The van der Waals surface area contributed by atoms with Gasteiger partial charge in [0.15, 0.2) is 0 Å². The van der Waals surface area contributed by atoms with Gasteiger partial charge in [-0.25, -0.2) is 9.36 Å². The Morgan fingerprint density at radius 2 is 1.09 bits per heavy atom. The van der Waals surface area contributed by atoms with E-state index in [1.54, 1.807) is 12.1 Å². The molecule has 2 atom stereocenters. The van der Waals surface area contributed by atoms with Crippen molar-refractivity contribution in [1.82, 2.24) is 30.0 Å². The SMILES string of the molecule is CC1(c2cccc(C3(C)N=NN=C3Cn3nnc4ccccc43)c2-c2ccc(O)cc2)N=NN=C1Cn1nnc2ccccc21. The summed E-state index contributed by atoms with van der Waals surface area (Å²) in [6.45, 7) is 4.68. The molecular formula is C32H26N12O. The fourth-order valence-electron chi connectivity index (χ4n) is 6.09. The molecule has 2 aliphatic heterocycles. The monoisotopic (exact) mass is 594 g/mol. The van der Waals surface area contributed by atoms with E-state index < -0.39 is 11.1 Å². The number of phenols is 1. The molecule has 0 fully saturated rings. The lowest BCUT2D eigenvalue weighted by Crippen LogP contribution is -2.35. The summed E-state index contributed by atoms with van der Waals surface area (Å²) in [5.41, 5.74) is 6.36. The van der Waals surface area contributed by atoms with Gasteiger partial charge in [-0.1, -0.05) is 65.0 Å². The predicted octanol–water partition coefficient (Wildman–Crippen LogP) is 6.02. The van der Waals surface area contributed by atoms with Crippen LogP contribution in [0.2, 0.25) is 0 Å². The summed E-state index contributed by atoms with van der Waals surface area (Å²) in [4.78, 5) is 0. The summed E-state index contributed by atoms with van der Waals surface area (Å²) in [5, 5.41) is 54.3. The van der Waals surface area contributed by atoms with Gasteiger partial charge in [-0.2, -0.15) is 10.2 Å². The number of phenolic OH excluding ortho intramolecular Hbond substituents is 1. The molecule has 2 aliphatic rings. The van der Waals surface area contributed by atoms with Gasteiger partial charge in [-0.05, 0) is 82.9 Å². The van der Waals surface area contributed by atoms with Crippen LogP contribution in [-0.4, -0.2) is 46.5 Å². The second-order valence-electron chi connectivity index (χ2n) is 11.4. The van der Waals surface area contributed by atoms with E-state index >= 15 is 0 Å². The highest BCUT2D eigenvalue weighted by Crippen LogP contribution is 2.46. The number of benzene rings is 4. The van der Waals surface area contributed by atoms with E-state index in [0.29, 0.717) is 24.5 Å². The lowest BCUT2D eigenvalue weighted by atomic mass is 9.75. The maximum absolute atomic E-state index is 10.2. The number of aromatic nitrogens is 6. The van der Waals surface area contributed by atoms with Crippen molar-refractivity contribution in [2.24, 2.45) is 30.9 Å². The van der Waals surface area contributed by atoms with Gasteiger partial charge in [0.25, 0.3) is 0 Å². The molecule has 2 unspecified atom stereocenters.